The summed E-state index contributed by atoms with van der Waals surface area (Å²) in [7, 11) is 0. The third-order valence-electron chi connectivity index (χ3n) is 4.85. The van der Waals surface area contributed by atoms with Crippen molar-refractivity contribution < 1.29 is 23.8 Å². The summed E-state index contributed by atoms with van der Waals surface area (Å²) in [6.07, 6.45) is -0.0198. The first-order valence-corrected chi connectivity index (χ1v) is 10.7. The van der Waals surface area contributed by atoms with Gasteiger partial charge in [0.25, 0.3) is 5.78 Å². The van der Waals surface area contributed by atoms with E-state index >= 15 is 0 Å². The first-order chi connectivity index (χ1) is 15.3. The molecular weight excluding hydrogens is 433 g/mol. The molecule has 2 heterocycles. The van der Waals surface area contributed by atoms with E-state index in [1.807, 2.05) is 13.8 Å². The number of rotatable bonds is 5. The van der Waals surface area contributed by atoms with Crippen molar-refractivity contribution in [2.45, 2.75) is 32.9 Å². The highest BCUT2D eigenvalue weighted by Crippen LogP contribution is 2.43. The van der Waals surface area contributed by atoms with E-state index < -0.39 is 23.5 Å². The predicted octanol–water partition coefficient (Wildman–Crippen LogP) is 4.40. The number of aliphatic hydroxyl groups is 1. The van der Waals surface area contributed by atoms with Gasteiger partial charge < -0.3 is 9.84 Å². The van der Waals surface area contributed by atoms with E-state index in [-0.39, 0.29) is 22.6 Å². The third-order valence-corrected chi connectivity index (χ3v) is 5.69. The lowest BCUT2D eigenvalue weighted by Crippen LogP contribution is -2.29. The van der Waals surface area contributed by atoms with Crippen LogP contribution in [0.3, 0.4) is 0 Å². The molecule has 7 nitrogen and oxygen atoms in total. The molecule has 3 aromatic rings. The summed E-state index contributed by atoms with van der Waals surface area (Å²) < 4.78 is 19.2. The summed E-state index contributed by atoms with van der Waals surface area (Å²) in [5, 5.41) is 19.8. The molecule has 0 aliphatic carbocycles. The van der Waals surface area contributed by atoms with Crippen molar-refractivity contribution in [2.24, 2.45) is 0 Å². The van der Waals surface area contributed by atoms with Gasteiger partial charge in [-0.25, -0.2) is 4.39 Å². The van der Waals surface area contributed by atoms with Gasteiger partial charge in [-0.2, -0.15) is 0 Å². The number of benzene rings is 2. The average Bonchev–Trinajstić information content (AvgIpc) is 3.29. The highest BCUT2D eigenvalue weighted by Gasteiger charge is 2.48. The standard InChI is InChI=1S/C23H20FN3O4S/c1-12(2)31-17-10-6-15(7-11-17)20(28)18-19(14-4-8-16(24)9-5-14)27(22(30)21(18)29)23-26-25-13(3)32-23/h4-12,19,28H,1-3H3. The fourth-order valence-corrected chi connectivity index (χ4v) is 4.21. The van der Waals surface area contributed by atoms with Crippen molar-refractivity contribution in [1.29, 1.82) is 0 Å². The van der Waals surface area contributed by atoms with Crippen LogP contribution < -0.4 is 9.64 Å². The number of anilines is 1. The van der Waals surface area contributed by atoms with Crippen molar-refractivity contribution in [1.82, 2.24) is 10.2 Å². The zero-order valence-corrected chi connectivity index (χ0v) is 18.4. The Morgan fingerprint density at radius 1 is 1.09 bits per heavy atom. The summed E-state index contributed by atoms with van der Waals surface area (Å²) in [5.74, 6) is -1.88. The number of amides is 1. The van der Waals surface area contributed by atoms with Crippen LogP contribution in [0.5, 0.6) is 5.75 Å². The number of carbonyl (C=O) groups is 2. The first-order valence-electron chi connectivity index (χ1n) is 9.90. The molecule has 1 unspecified atom stereocenters. The van der Waals surface area contributed by atoms with E-state index in [9.17, 15) is 19.1 Å². The second kappa shape index (κ2) is 8.51. The van der Waals surface area contributed by atoms with Crippen LogP contribution in [0.1, 0.15) is 36.0 Å². The molecule has 1 aromatic heterocycles. The van der Waals surface area contributed by atoms with Gasteiger partial charge in [0.2, 0.25) is 5.13 Å². The van der Waals surface area contributed by atoms with Crippen LogP contribution in [0.15, 0.2) is 54.1 Å². The summed E-state index contributed by atoms with van der Waals surface area (Å²) in [5.41, 5.74) is 0.700. The molecular formula is C23H20FN3O4S. The molecule has 4 rings (SSSR count). The summed E-state index contributed by atoms with van der Waals surface area (Å²) in [6.45, 7) is 5.52. The summed E-state index contributed by atoms with van der Waals surface area (Å²) in [6, 6.07) is 11.0. The lowest BCUT2D eigenvalue weighted by molar-refractivity contribution is -0.132. The third kappa shape index (κ3) is 3.99. The van der Waals surface area contributed by atoms with Gasteiger partial charge >= 0.3 is 5.91 Å². The maximum Gasteiger partial charge on any atom is 0.301 e. The highest BCUT2D eigenvalue weighted by molar-refractivity contribution is 7.15. The topological polar surface area (TPSA) is 92.6 Å². The number of nitrogens with zero attached hydrogens (tertiary/aromatic N) is 3. The van der Waals surface area contributed by atoms with Crippen molar-refractivity contribution in [3.05, 3.63) is 76.1 Å². The zero-order valence-electron chi connectivity index (χ0n) is 17.6. The Hall–Kier alpha value is -3.59. The van der Waals surface area contributed by atoms with Crippen molar-refractivity contribution in [2.75, 3.05) is 4.90 Å². The van der Waals surface area contributed by atoms with Crippen molar-refractivity contribution >= 4 is 33.9 Å². The number of ether oxygens (including phenoxy) is 1. The fourth-order valence-electron chi connectivity index (χ4n) is 3.49. The predicted molar refractivity (Wildman–Crippen MR) is 118 cm³/mol. The Labute approximate surface area is 187 Å². The molecule has 1 aliphatic rings. The van der Waals surface area contributed by atoms with E-state index in [2.05, 4.69) is 10.2 Å². The van der Waals surface area contributed by atoms with E-state index in [1.54, 1.807) is 31.2 Å². The molecule has 9 heteroatoms. The van der Waals surface area contributed by atoms with Crippen LogP contribution in [-0.2, 0) is 9.59 Å². The van der Waals surface area contributed by atoms with E-state index in [1.165, 1.54) is 29.2 Å². The number of aryl methyl sites for hydroxylation is 1. The van der Waals surface area contributed by atoms with E-state index in [4.69, 9.17) is 4.74 Å². The van der Waals surface area contributed by atoms with Crippen LogP contribution >= 0.6 is 11.3 Å². The molecule has 1 aliphatic heterocycles. The van der Waals surface area contributed by atoms with Crippen LogP contribution in [0.4, 0.5) is 9.52 Å². The SMILES string of the molecule is Cc1nnc(N2C(=O)C(=O)C(=C(O)c3ccc(OC(C)C)cc3)C2c2ccc(F)cc2)s1. The normalized spacial score (nSPS) is 17.9. The average molecular weight is 453 g/mol. The number of halogens is 1. The second-order valence-corrected chi connectivity index (χ2v) is 8.68. The lowest BCUT2D eigenvalue weighted by atomic mass is 9.95. The lowest BCUT2D eigenvalue weighted by Gasteiger charge is -2.22. The van der Waals surface area contributed by atoms with Gasteiger partial charge in [0.05, 0.1) is 17.7 Å². The highest BCUT2D eigenvalue weighted by atomic mass is 32.1. The largest absolute Gasteiger partial charge is 0.507 e. The smallest absolute Gasteiger partial charge is 0.301 e. The van der Waals surface area contributed by atoms with Gasteiger partial charge in [-0.05, 0) is 62.7 Å². The molecule has 1 saturated heterocycles. The van der Waals surface area contributed by atoms with Gasteiger partial charge in [0, 0.05) is 5.56 Å². The molecule has 1 atom stereocenters. The Morgan fingerprint density at radius 2 is 1.75 bits per heavy atom. The van der Waals surface area contributed by atoms with E-state index in [0.29, 0.717) is 21.9 Å². The summed E-state index contributed by atoms with van der Waals surface area (Å²) in [4.78, 5) is 27.2. The maximum atomic E-state index is 13.6. The first kappa shape index (κ1) is 21.6. The molecule has 0 saturated carbocycles. The van der Waals surface area contributed by atoms with Gasteiger partial charge in [-0.1, -0.05) is 23.5 Å². The van der Waals surface area contributed by atoms with Crippen LogP contribution in [0, 0.1) is 12.7 Å². The second-order valence-electron chi connectivity index (χ2n) is 7.52. The summed E-state index contributed by atoms with van der Waals surface area (Å²) >= 11 is 1.15. The van der Waals surface area contributed by atoms with Gasteiger partial charge in [0.1, 0.15) is 22.3 Å². The van der Waals surface area contributed by atoms with Crippen LogP contribution in [0.25, 0.3) is 5.76 Å². The van der Waals surface area contributed by atoms with Gasteiger partial charge in [-0.3, -0.25) is 14.5 Å². The number of hydrogen-bond donors (Lipinski definition) is 1. The molecule has 0 bridgehead atoms. The molecule has 0 radical (unpaired) electrons. The Balaban J connectivity index is 1.85. The van der Waals surface area contributed by atoms with Gasteiger partial charge in [-0.15, -0.1) is 10.2 Å². The minimum Gasteiger partial charge on any atom is -0.507 e. The van der Waals surface area contributed by atoms with Gasteiger partial charge in [0.15, 0.2) is 0 Å². The molecule has 2 aromatic carbocycles. The zero-order chi connectivity index (χ0) is 23.0. The van der Waals surface area contributed by atoms with Crippen LogP contribution in [-0.4, -0.2) is 33.1 Å². The van der Waals surface area contributed by atoms with Crippen molar-refractivity contribution in [3.63, 3.8) is 0 Å². The molecule has 1 fully saturated rings. The molecule has 1 N–H and O–H groups in total. The number of hydrogen-bond acceptors (Lipinski definition) is 7. The van der Waals surface area contributed by atoms with E-state index in [0.717, 1.165) is 11.3 Å². The van der Waals surface area contributed by atoms with Crippen LogP contribution in [0.2, 0.25) is 0 Å². The number of Topliss-reactive ketones (excluding diaryl/α,β-unsaturated/α-hetero) is 1. The fraction of sp³-hybridized carbons (Fsp3) is 0.217. The quantitative estimate of drug-likeness (QED) is 0.350. The molecule has 0 spiro atoms. The minimum atomic E-state index is -0.977. The molecule has 1 amide bonds. The Kier molecular flexibility index (Phi) is 5.75. The minimum absolute atomic E-state index is 0.0198. The number of aromatic nitrogens is 2. The Morgan fingerprint density at radius 3 is 2.31 bits per heavy atom. The number of aliphatic hydroxyl groups excluding tert-OH is 1. The van der Waals surface area contributed by atoms with Crippen molar-refractivity contribution in [3.8, 4) is 5.75 Å². The number of carbonyl (C=O) groups excluding carboxylic acids is 2. The maximum absolute atomic E-state index is 13.6. The number of ketones is 1. The monoisotopic (exact) mass is 453 g/mol. The molecule has 164 valence electrons. The molecule has 32 heavy (non-hydrogen) atoms. The Bertz CT molecular complexity index is 1200.